The van der Waals surface area contributed by atoms with E-state index in [0.29, 0.717) is 0 Å². The van der Waals surface area contributed by atoms with Crippen LogP contribution >= 0.6 is 0 Å². The zero-order chi connectivity index (χ0) is 8.43. The molecular formula is C4H5N3O4. The molecule has 0 spiro atoms. The Hall–Kier alpha value is -1.76. The number of hydrogen-bond donors (Lipinski definition) is 5. The van der Waals surface area contributed by atoms with E-state index in [4.69, 9.17) is 10.3 Å². The van der Waals surface area contributed by atoms with Crippen LogP contribution in [0, 0.1) is 0 Å². The summed E-state index contributed by atoms with van der Waals surface area (Å²) in [5, 5.41) is 16.8. The number of nitrogens with one attached hydrogen (secondary N) is 3. The molecule has 0 aromatic carbocycles. The molecule has 0 radical (unpaired) electrons. The van der Waals surface area contributed by atoms with Gasteiger partial charge in [0.2, 0.25) is 5.88 Å². The third kappa shape index (κ3) is 1.22. The monoisotopic (exact) mass is 159 g/mol. The summed E-state index contributed by atoms with van der Waals surface area (Å²) in [5.41, 5.74) is 0.120. The first-order valence-corrected chi connectivity index (χ1v) is 2.61. The number of hydrogen-bond acceptors (Lipinski definition) is 4. The lowest BCUT2D eigenvalue weighted by Gasteiger charge is -1.92. The summed E-state index contributed by atoms with van der Waals surface area (Å²) in [5.74, 6) is -1.59. The second-order valence-corrected chi connectivity index (χ2v) is 1.74. The Balaban J connectivity index is 3.13. The topological polar surface area (TPSA) is 118 Å². The van der Waals surface area contributed by atoms with Gasteiger partial charge in [0.25, 0.3) is 5.91 Å². The highest BCUT2D eigenvalue weighted by atomic mass is 16.5. The predicted octanol–water partition coefficient (Wildman–Crippen LogP) is -1.47. The minimum atomic E-state index is -0.985. The molecule has 0 unspecified atom stereocenters. The van der Waals surface area contributed by atoms with E-state index in [-0.39, 0.29) is 0 Å². The van der Waals surface area contributed by atoms with E-state index in [0.717, 1.165) is 0 Å². The molecule has 0 aliphatic carbocycles. The van der Waals surface area contributed by atoms with Crippen molar-refractivity contribution in [3.8, 4) is 5.88 Å². The van der Waals surface area contributed by atoms with Crippen molar-refractivity contribution >= 4 is 5.91 Å². The second-order valence-electron chi connectivity index (χ2n) is 1.74. The lowest BCUT2D eigenvalue weighted by atomic mass is 10.4. The molecule has 0 aliphatic heterocycles. The Kier molecular flexibility index (Phi) is 1.65. The van der Waals surface area contributed by atoms with Gasteiger partial charge in [0.15, 0.2) is 5.69 Å². The third-order valence-electron chi connectivity index (χ3n) is 1.04. The van der Waals surface area contributed by atoms with Crippen LogP contribution in [-0.2, 0) is 0 Å². The molecule has 1 aromatic heterocycles. The molecule has 0 saturated heterocycles. The van der Waals surface area contributed by atoms with Crippen molar-refractivity contribution < 1.29 is 15.1 Å². The van der Waals surface area contributed by atoms with Gasteiger partial charge in [-0.3, -0.25) is 20.0 Å². The number of rotatable bonds is 1. The smallest absolute Gasteiger partial charge is 0.326 e. The van der Waals surface area contributed by atoms with Gasteiger partial charge >= 0.3 is 5.69 Å². The standard InChI is InChI=1S/C4H5N3O4/c8-2-1(3(9)7-11)5-4(10)6-2/h8,11H,(H,7,9)(H2,5,6,10). The highest BCUT2D eigenvalue weighted by molar-refractivity contribution is 5.93. The van der Waals surface area contributed by atoms with Crippen LogP contribution in [0.1, 0.15) is 10.5 Å². The van der Waals surface area contributed by atoms with Gasteiger partial charge in [-0.1, -0.05) is 0 Å². The molecule has 5 N–H and O–H groups in total. The number of aromatic amines is 2. The van der Waals surface area contributed by atoms with Crippen LogP contribution in [0.15, 0.2) is 4.79 Å². The van der Waals surface area contributed by atoms with E-state index in [9.17, 15) is 9.59 Å². The predicted molar refractivity (Wildman–Crippen MR) is 32.3 cm³/mol. The third-order valence-corrected chi connectivity index (χ3v) is 1.04. The Morgan fingerprint density at radius 1 is 1.45 bits per heavy atom. The highest BCUT2D eigenvalue weighted by Gasteiger charge is 2.12. The van der Waals surface area contributed by atoms with Gasteiger partial charge in [-0.2, -0.15) is 0 Å². The maximum Gasteiger partial charge on any atom is 0.326 e. The van der Waals surface area contributed by atoms with Gasteiger partial charge in [-0.05, 0) is 0 Å². The van der Waals surface area contributed by atoms with Crippen molar-refractivity contribution in [2.24, 2.45) is 0 Å². The minimum absolute atomic E-state index is 0.405. The largest absolute Gasteiger partial charge is 0.493 e. The van der Waals surface area contributed by atoms with Crippen LogP contribution in [0.25, 0.3) is 0 Å². The van der Waals surface area contributed by atoms with Gasteiger partial charge in [0.1, 0.15) is 0 Å². The van der Waals surface area contributed by atoms with Gasteiger partial charge in [0.05, 0.1) is 0 Å². The molecule has 0 atom stereocenters. The van der Waals surface area contributed by atoms with Crippen molar-refractivity contribution in [1.29, 1.82) is 0 Å². The Bertz CT molecular complexity index is 324. The van der Waals surface area contributed by atoms with E-state index in [1.807, 2.05) is 9.97 Å². The first kappa shape index (κ1) is 7.35. The fourth-order valence-electron chi connectivity index (χ4n) is 0.594. The molecule has 11 heavy (non-hydrogen) atoms. The molecule has 0 aliphatic rings. The fourth-order valence-corrected chi connectivity index (χ4v) is 0.594. The fraction of sp³-hybridized carbons (Fsp3) is 0. The molecule has 1 aromatic rings. The van der Waals surface area contributed by atoms with Crippen molar-refractivity contribution in [2.45, 2.75) is 0 Å². The van der Waals surface area contributed by atoms with E-state index in [1.54, 1.807) is 0 Å². The summed E-state index contributed by atoms with van der Waals surface area (Å²) in [6.45, 7) is 0. The summed E-state index contributed by atoms with van der Waals surface area (Å²) >= 11 is 0. The summed E-state index contributed by atoms with van der Waals surface area (Å²) in [6, 6.07) is 0. The number of amides is 1. The van der Waals surface area contributed by atoms with Crippen LogP contribution in [0.4, 0.5) is 0 Å². The molecule has 0 fully saturated rings. The van der Waals surface area contributed by atoms with Crippen LogP contribution in [0.2, 0.25) is 0 Å². The number of aromatic hydroxyl groups is 1. The van der Waals surface area contributed by atoms with Gasteiger partial charge in [0, 0.05) is 0 Å². The van der Waals surface area contributed by atoms with Crippen molar-refractivity contribution in [2.75, 3.05) is 0 Å². The summed E-state index contributed by atoms with van der Waals surface area (Å²) in [4.78, 5) is 24.8. The zero-order valence-corrected chi connectivity index (χ0v) is 5.21. The van der Waals surface area contributed by atoms with Crippen molar-refractivity contribution in [1.82, 2.24) is 15.4 Å². The molecule has 60 valence electrons. The normalized spacial score (nSPS) is 9.55. The number of carbonyl (C=O) groups excluding carboxylic acids is 1. The first-order chi connectivity index (χ1) is 5.15. The minimum Gasteiger partial charge on any atom is -0.493 e. The maximum atomic E-state index is 10.5. The van der Waals surface area contributed by atoms with Gasteiger partial charge in [-0.15, -0.1) is 0 Å². The van der Waals surface area contributed by atoms with Crippen molar-refractivity contribution in [3.63, 3.8) is 0 Å². The molecule has 0 bridgehead atoms. The molecule has 1 rings (SSSR count). The van der Waals surface area contributed by atoms with E-state index in [2.05, 4.69) is 0 Å². The molecule has 1 heterocycles. The number of aromatic nitrogens is 2. The summed E-state index contributed by atoms with van der Waals surface area (Å²) < 4.78 is 0. The van der Waals surface area contributed by atoms with Crippen molar-refractivity contribution in [3.05, 3.63) is 16.2 Å². The average Bonchev–Trinajstić information content (AvgIpc) is 2.28. The highest BCUT2D eigenvalue weighted by Crippen LogP contribution is 2.05. The number of H-pyrrole nitrogens is 2. The van der Waals surface area contributed by atoms with Gasteiger partial charge < -0.3 is 5.11 Å². The number of hydroxylamine groups is 1. The van der Waals surface area contributed by atoms with Crippen LogP contribution in [0.5, 0.6) is 5.88 Å². The molecule has 7 nitrogen and oxygen atoms in total. The molecular weight excluding hydrogens is 154 g/mol. The Morgan fingerprint density at radius 3 is 2.45 bits per heavy atom. The summed E-state index contributed by atoms with van der Waals surface area (Å²) in [7, 11) is 0. The quantitative estimate of drug-likeness (QED) is 0.254. The van der Waals surface area contributed by atoms with Crippen LogP contribution in [-0.4, -0.2) is 26.2 Å². The van der Waals surface area contributed by atoms with E-state index in [1.165, 1.54) is 5.48 Å². The molecule has 0 saturated carbocycles. The Labute approximate surface area is 59.6 Å². The van der Waals surface area contributed by atoms with Crippen LogP contribution < -0.4 is 11.2 Å². The SMILES string of the molecule is O=C(NO)c1[nH]c(=O)[nH]c1O. The molecule has 1 amide bonds. The maximum absolute atomic E-state index is 10.5. The first-order valence-electron chi connectivity index (χ1n) is 2.61. The lowest BCUT2D eigenvalue weighted by molar-refractivity contribution is 0.0698. The number of imidazole rings is 1. The van der Waals surface area contributed by atoms with Gasteiger partial charge in [-0.25, -0.2) is 10.3 Å². The van der Waals surface area contributed by atoms with E-state index >= 15 is 0 Å². The lowest BCUT2D eigenvalue weighted by Crippen LogP contribution is -2.19. The summed E-state index contributed by atoms with van der Waals surface area (Å²) in [6.07, 6.45) is 0. The zero-order valence-electron chi connectivity index (χ0n) is 5.21. The average molecular weight is 159 g/mol. The Morgan fingerprint density at radius 2 is 2.09 bits per heavy atom. The van der Waals surface area contributed by atoms with Crippen LogP contribution in [0.3, 0.4) is 0 Å². The number of carbonyl (C=O) groups is 1. The molecule has 7 heteroatoms. The second kappa shape index (κ2) is 2.46. The van der Waals surface area contributed by atoms with E-state index < -0.39 is 23.2 Å².